The van der Waals surface area contributed by atoms with Crippen molar-refractivity contribution in [3.63, 3.8) is 0 Å². The lowest BCUT2D eigenvalue weighted by Gasteiger charge is -2.18. The van der Waals surface area contributed by atoms with Gasteiger partial charge in [-0.2, -0.15) is 0 Å². The van der Waals surface area contributed by atoms with Crippen LogP contribution in [0.4, 0.5) is 11.7 Å². The lowest BCUT2D eigenvalue weighted by molar-refractivity contribution is 0.384. The monoisotopic (exact) mass is 302 g/mol. The van der Waals surface area contributed by atoms with Crippen molar-refractivity contribution in [2.24, 2.45) is 0 Å². The highest BCUT2D eigenvalue weighted by molar-refractivity contribution is 7.17. The van der Waals surface area contributed by atoms with Gasteiger partial charge in [0.1, 0.15) is 0 Å². The standard InChI is InChI=1S/C15H18N4OS/c1-15(2,3)16-9-13-18-19-14(20-13)17-11-4-5-12-10(8-11)6-7-21-12/h4-8,16H,9H2,1-3H3,(H,17,19). The van der Waals surface area contributed by atoms with E-state index in [2.05, 4.69) is 65.2 Å². The molecular formula is C15H18N4OS. The zero-order valence-corrected chi connectivity index (χ0v) is 13.1. The number of nitrogens with zero attached hydrogens (tertiary/aromatic N) is 2. The van der Waals surface area contributed by atoms with Crippen molar-refractivity contribution in [1.82, 2.24) is 15.5 Å². The molecule has 3 aromatic rings. The Morgan fingerprint density at radius 2 is 2.05 bits per heavy atom. The van der Waals surface area contributed by atoms with Gasteiger partial charge in [-0.15, -0.1) is 16.4 Å². The number of fused-ring (bicyclic) bond motifs is 1. The Morgan fingerprint density at radius 1 is 1.19 bits per heavy atom. The normalized spacial score (nSPS) is 12.0. The van der Waals surface area contributed by atoms with Gasteiger partial charge in [-0.25, -0.2) is 0 Å². The molecule has 6 heteroatoms. The van der Waals surface area contributed by atoms with E-state index < -0.39 is 0 Å². The number of rotatable bonds is 4. The first-order chi connectivity index (χ1) is 9.99. The molecule has 2 heterocycles. The zero-order chi connectivity index (χ0) is 14.9. The molecule has 0 unspecified atom stereocenters. The predicted molar refractivity (Wildman–Crippen MR) is 86.0 cm³/mol. The molecule has 5 nitrogen and oxygen atoms in total. The van der Waals surface area contributed by atoms with E-state index in [9.17, 15) is 0 Å². The second-order valence-corrected chi connectivity index (χ2v) is 6.85. The first kappa shape index (κ1) is 14.0. The van der Waals surface area contributed by atoms with E-state index in [4.69, 9.17) is 4.42 Å². The molecule has 0 fully saturated rings. The molecular weight excluding hydrogens is 284 g/mol. The van der Waals surface area contributed by atoms with Gasteiger partial charge in [0.2, 0.25) is 5.89 Å². The van der Waals surface area contributed by atoms with Gasteiger partial charge in [0, 0.05) is 15.9 Å². The molecule has 0 aliphatic rings. The number of hydrogen-bond donors (Lipinski definition) is 2. The van der Waals surface area contributed by atoms with E-state index in [1.807, 2.05) is 6.07 Å². The third kappa shape index (κ3) is 3.59. The van der Waals surface area contributed by atoms with Gasteiger partial charge < -0.3 is 15.1 Å². The average molecular weight is 302 g/mol. The van der Waals surface area contributed by atoms with E-state index in [-0.39, 0.29) is 5.54 Å². The Balaban J connectivity index is 1.68. The summed E-state index contributed by atoms with van der Waals surface area (Å²) in [5.41, 5.74) is 0.964. The van der Waals surface area contributed by atoms with E-state index in [1.54, 1.807) is 11.3 Å². The molecule has 0 saturated carbocycles. The summed E-state index contributed by atoms with van der Waals surface area (Å²) in [5.74, 6) is 0.573. The summed E-state index contributed by atoms with van der Waals surface area (Å²) in [5, 5.41) is 17.8. The van der Waals surface area contributed by atoms with Crippen molar-refractivity contribution in [3.8, 4) is 0 Å². The lowest BCUT2D eigenvalue weighted by Crippen LogP contribution is -2.35. The smallest absolute Gasteiger partial charge is 0.320 e. The number of anilines is 2. The number of aromatic nitrogens is 2. The summed E-state index contributed by atoms with van der Waals surface area (Å²) in [6.45, 7) is 6.84. The second-order valence-electron chi connectivity index (χ2n) is 5.90. The number of nitrogens with one attached hydrogen (secondary N) is 2. The van der Waals surface area contributed by atoms with Crippen LogP contribution in [0.15, 0.2) is 34.1 Å². The summed E-state index contributed by atoms with van der Waals surface area (Å²) >= 11 is 1.73. The fourth-order valence-corrected chi connectivity index (χ4v) is 2.66. The molecule has 0 spiro atoms. The minimum absolute atomic E-state index is 0.0199. The molecule has 110 valence electrons. The maximum atomic E-state index is 5.58. The van der Waals surface area contributed by atoms with Crippen molar-refractivity contribution in [1.29, 1.82) is 0 Å². The largest absolute Gasteiger partial charge is 0.406 e. The molecule has 0 atom stereocenters. The zero-order valence-electron chi connectivity index (χ0n) is 12.3. The maximum Gasteiger partial charge on any atom is 0.320 e. The predicted octanol–water partition coefficient (Wildman–Crippen LogP) is 3.92. The molecule has 0 radical (unpaired) electrons. The molecule has 0 saturated heterocycles. The van der Waals surface area contributed by atoms with E-state index >= 15 is 0 Å². The molecule has 2 N–H and O–H groups in total. The van der Waals surface area contributed by atoms with E-state index in [0.717, 1.165) is 5.69 Å². The fourth-order valence-electron chi connectivity index (χ4n) is 1.88. The van der Waals surface area contributed by atoms with Crippen molar-refractivity contribution in [2.75, 3.05) is 5.32 Å². The van der Waals surface area contributed by atoms with Gasteiger partial charge >= 0.3 is 6.01 Å². The highest BCUT2D eigenvalue weighted by Crippen LogP contribution is 2.25. The molecule has 0 bridgehead atoms. The van der Waals surface area contributed by atoms with Crippen LogP contribution in [0, 0.1) is 0 Å². The van der Waals surface area contributed by atoms with Crippen molar-refractivity contribution in [2.45, 2.75) is 32.9 Å². The summed E-state index contributed by atoms with van der Waals surface area (Å²) in [7, 11) is 0. The summed E-state index contributed by atoms with van der Waals surface area (Å²) in [6, 6.07) is 8.67. The topological polar surface area (TPSA) is 63.0 Å². The van der Waals surface area contributed by atoms with Gasteiger partial charge in [-0.05, 0) is 55.8 Å². The van der Waals surface area contributed by atoms with Crippen LogP contribution < -0.4 is 10.6 Å². The molecule has 1 aromatic carbocycles. The molecule has 0 aliphatic carbocycles. The summed E-state index contributed by atoms with van der Waals surface area (Å²) < 4.78 is 6.85. The Morgan fingerprint density at radius 3 is 2.86 bits per heavy atom. The quantitative estimate of drug-likeness (QED) is 0.765. The molecule has 0 amide bonds. The van der Waals surface area contributed by atoms with Crippen LogP contribution in [0.25, 0.3) is 10.1 Å². The van der Waals surface area contributed by atoms with Crippen LogP contribution in [0.5, 0.6) is 0 Å². The van der Waals surface area contributed by atoms with Crippen LogP contribution in [0.2, 0.25) is 0 Å². The van der Waals surface area contributed by atoms with Crippen molar-refractivity contribution in [3.05, 3.63) is 35.5 Å². The second kappa shape index (κ2) is 5.46. The van der Waals surface area contributed by atoms with Crippen LogP contribution >= 0.6 is 11.3 Å². The third-order valence-electron chi connectivity index (χ3n) is 2.94. The van der Waals surface area contributed by atoms with Gasteiger partial charge in [-0.3, -0.25) is 0 Å². The molecule has 21 heavy (non-hydrogen) atoms. The Labute approximate surface area is 127 Å². The SMILES string of the molecule is CC(C)(C)NCc1nnc(Nc2ccc3sccc3c2)o1. The van der Waals surface area contributed by atoms with Crippen molar-refractivity contribution >= 4 is 33.1 Å². The van der Waals surface area contributed by atoms with Gasteiger partial charge in [0.25, 0.3) is 0 Å². The third-order valence-corrected chi connectivity index (χ3v) is 3.84. The first-order valence-corrected chi connectivity index (χ1v) is 7.69. The first-order valence-electron chi connectivity index (χ1n) is 6.81. The van der Waals surface area contributed by atoms with Gasteiger partial charge in [-0.1, -0.05) is 5.10 Å². The Bertz CT molecular complexity index is 741. The van der Waals surface area contributed by atoms with Crippen LogP contribution in [0.3, 0.4) is 0 Å². The van der Waals surface area contributed by atoms with Crippen LogP contribution in [-0.2, 0) is 6.54 Å². The number of thiophene rings is 1. The van der Waals surface area contributed by atoms with E-state index in [1.165, 1.54) is 10.1 Å². The molecule has 0 aliphatic heterocycles. The van der Waals surface area contributed by atoms with E-state index in [0.29, 0.717) is 18.5 Å². The highest BCUT2D eigenvalue weighted by atomic mass is 32.1. The number of hydrogen-bond acceptors (Lipinski definition) is 6. The fraction of sp³-hybridized carbons (Fsp3) is 0.333. The highest BCUT2D eigenvalue weighted by Gasteiger charge is 2.12. The Hall–Kier alpha value is -1.92. The van der Waals surface area contributed by atoms with Crippen molar-refractivity contribution < 1.29 is 4.42 Å². The summed E-state index contributed by atoms with van der Waals surface area (Å²) in [6.07, 6.45) is 0. The molecule has 2 aromatic heterocycles. The van der Waals surface area contributed by atoms with Gasteiger partial charge in [0.05, 0.1) is 6.54 Å². The Kier molecular flexibility index (Phi) is 3.65. The lowest BCUT2D eigenvalue weighted by atomic mass is 10.1. The minimum Gasteiger partial charge on any atom is -0.406 e. The summed E-state index contributed by atoms with van der Waals surface area (Å²) in [4.78, 5) is 0. The number of benzene rings is 1. The van der Waals surface area contributed by atoms with Gasteiger partial charge in [0.15, 0.2) is 0 Å². The van der Waals surface area contributed by atoms with Crippen LogP contribution in [0.1, 0.15) is 26.7 Å². The molecule has 3 rings (SSSR count). The minimum atomic E-state index is 0.0199. The average Bonchev–Trinajstić information content (AvgIpc) is 3.04. The maximum absolute atomic E-state index is 5.58. The van der Waals surface area contributed by atoms with Crippen LogP contribution in [-0.4, -0.2) is 15.7 Å².